The number of nitrogens with two attached hydrogens (primary N) is 1. The summed E-state index contributed by atoms with van der Waals surface area (Å²) in [6.45, 7) is 0. The minimum Gasteiger partial charge on any atom is -0.320 e. The van der Waals surface area contributed by atoms with Crippen LogP contribution < -0.4 is 5.73 Å². The molecular formula is C13H12F3N3. The Morgan fingerprint density at radius 2 is 1.74 bits per heavy atom. The summed E-state index contributed by atoms with van der Waals surface area (Å²) in [5, 5.41) is 4.14. The minimum atomic E-state index is -4.32. The molecule has 100 valence electrons. The third-order valence-electron chi connectivity index (χ3n) is 3.38. The standard InChI is InChI=1S/C13H12F3N3/c14-13(15,16)9-1-3-10(4-2-9)19-11(5-8-18-19)12(17)6-7-12/h1-5,8H,6-7,17H2. The molecule has 6 heteroatoms. The fraction of sp³-hybridized carbons (Fsp3) is 0.308. The highest BCUT2D eigenvalue weighted by Gasteiger charge is 2.43. The second kappa shape index (κ2) is 3.84. The van der Waals surface area contributed by atoms with Crippen molar-refractivity contribution in [3.8, 4) is 5.69 Å². The molecule has 0 amide bonds. The Kier molecular flexibility index (Phi) is 2.47. The SMILES string of the molecule is NC1(c2ccnn2-c2ccc(C(F)(F)F)cc2)CC1. The van der Waals surface area contributed by atoms with E-state index in [1.54, 1.807) is 10.9 Å². The first-order chi connectivity index (χ1) is 8.90. The van der Waals surface area contributed by atoms with E-state index in [2.05, 4.69) is 5.10 Å². The van der Waals surface area contributed by atoms with Crippen molar-refractivity contribution in [2.75, 3.05) is 0 Å². The van der Waals surface area contributed by atoms with Crippen LogP contribution in [0.2, 0.25) is 0 Å². The lowest BCUT2D eigenvalue weighted by Crippen LogP contribution is -2.22. The molecule has 3 nitrogen and oxygen atoms in total. The predicted octanol–water partition coefficient (Wildman–Crippen LogP) is 2.84. The maximum atomic E-state index is 12.5. The highest BCUT2D eigenvalue weighted by Crippen LogP contribution is 2.43. The van der Waals surface area contributed by atoms with Crippen LogP contribution in [0.25, 0.3) is 5.69 Å². The Labute approximate surface area is 107 Å². The van der Waals surface area contributed by atoms with Gasteiger partial charge in [-0.2, -0.15) is 18.3 Å². The first-order valence-corrected chi connectivity index (χ1v) is 5.91. The van der Waals surface area contributed by atoms with Gasteiger partial charge in [0.05, 0.1) is 22.5 Å². The summed E-state index contributed by atoms with van der Waals surface area (Å²) >= 11 is 0. The molecule has 1 fully saturated rings. The normalized spacial score (nSPS) is 17.5. The molecule has 0 radical (unpaired) electrons. The molecule has 0 atom stereocenters. The Balaban J connectivity index is 1.97. The van der Waals surface area contributed by atoms with Gasteiger partial charge in [-0.1, -0.05) is 0 Å². The van der Waals surface area contributed by atoms with E-state index >= 15 is 0 Å². The van der Waals surface area contributed by atoms with Crippen molar-refractivity contribution in [2.24, 2.45) is 5.73 Å². The second-order valence-corrected chi connectivity index (χ2v) is 4.83. The maximum Gasteiger partial charge on any atom is 0.416 e. The molecule has 3 rings (SSSR count). The highest BCUT2D eigenvalue weighted by atomic mass is 19.4. The van der Waals surface area contributed by atoms with Crippen LogP contribution in [-0.4, -0.2) is 9.78 Å². The van der Waals surface area contributed by atoms with Gasteiger partial charge < -0.3 is 5.73 Å². The Hall–Kier alpha value is -1.82. The number of benzene rings is 1. The molecule has 0 saturated heterocycles. The maximum absolute atomic E-state index is 12.5. The summed E-state index contributed by atoms with van der Waals surface area (Å²) in [6, 6.07) is 6.73. The van der Waals surface area contributed by atoms with E-state index in [0.29, 0.717) is 5.69 Å². The first-order valence-electron chi connectivity index (χ1n) is 5.91. The van der Waals surface area contributed by atoms with Crippen molar-refractivity contribution in [3.05, 3.63) is 47.8 Å². The van der Waals surface area contributed by atoms with Crippen molar-refractivity contribution in [2.45, 2.75) is 24.6 Å². The fourth-order valence-corrected chi connectivity index (χ4v) is 2.07. The van der Waals surface area contributed by atoms with Crippen molar-refractivity contribution in [1.29, 1.82) is 0 Å². The zero-order valence-electron chi connectivity index (χ0n) is 9.98. The third kappa shape index (κ3) is 2.12. The molecule has 0 bridgehead atoms. The summed E-state index contributed by atoms with van der Waals surface area (Å²) < 4.78 is 39.1. The van der Waals surface area contributed by atoms with Gasteiger partial charge in [-0.25, -0.2) is 4.68 Å². The molecule has 2 aromatic rings. The number of rotatable bonds is 2. The van der Waals surface area contributed by atoms with Crippen molar-refractivity contribution in [1.82, 2.24) is 9.78 Å². The van der Waals surface area contributed by atoms with Gasteiger partial charge in [-0.15, -0.1) is 0 Å². The molecule has 19 heavy (non-hydrogen) atoms. The van der Waals surface area contributed by atoms with Gasteiger partial charge in [-0.05, 0) is 43.2 Å². The highest BCUT2D eigenvalue weighted by molar-refractivity contribution is 5.38. The van der Waals surface area contributed by atoms with Gasteiger partial charge in [-0.3, -0.25) is 0 Å². The van der Waals surface area contributed by atoms with Gasteiger partial charge in [0.2, 0.25) is 0 Å². The molecule has 1 aliphatic carbocycles. The summed E-state index contributed by atoms with van der Waals surface area (Å²) in [4.78, 5) is 0. The van der Waals surface area contributed by atoms with E-state index in [4.69, 9.17) is 5.73 Å². The molecule has 1 aliphatic rings. The number of nitrogens with zero attached hydrogens (tertiary/aromatic N) is 2. The molecule has 1 aromatic carbocycles. The molecule has 0 aliphatic heterocycles. The number of halogens is 3. The third-order valence-corrected chi connectivity index (χ3v) is 3.38. The topological polar surface area (TPSA) is 43.8 Å². The first kappa shape index (κ1) is 12.2. The molecule has 2 N–H and O–H groups in total. The molecule has 0 spiro atoms. The summed E-state index contributed by atoms with van der Waals surface area (Å²) in [7, 11) is 0. The Morgan fingerprint density at radius 3 is 2.26 bits per heavy atom. The van der Waals surface area contributed by atoms with E-state index in [9.17, 15) is 13.2 Å². The molecule has 0 unspecified atom stereocenters. The number of hydrogen-bond acceptors (Lipinski definition) is 2. The van der Waals surface area contributed by atoms with Crippen molar-refractivity contribution >= 4 is 0 Å². The van der Waals surface area contributed by atoms with E-state index < -0.39 is 11.7 Å². The molecular weight excluding hydrogens is 255 g/mol. The number of hydrogen-bond donors (Lipinski definition) is 1. The van der Waals surface area contributed by atoms with Crippen LogP contribution in [0.15, 0.2) is 36.5 Å². The minimum absolute atomic E-state index is 0.376. The largest absolute Gasteiger partial charge is 0.416 e. The lowest BCUT2D eigenvalue weighted by atomic mass is 10.1. The van der Waals surface area contributed by atoms with Crippen LogP contribution in [0.4, 0.5) is 13.2 Å². The van der Waals surface area contributed by atoms with Gasteiger partial charge >= 0.3 is 6.18 Å². The zero-order valence-corrected chi connectivity index (χ0v) is 9.98. The van der Waals surface area contributed by atoms with Gasteiger partial charge in [0.1, 0.15) is 0 Å². The summed E-state index contributed by atoms with van der Waals surface area (Å²) in [5.41, 5.74) is 6.49. The molecule has 1 aromatic heterocycles. The Bertz CT molecular complexity index is 594. The van der Waals surface area contributed by atoms with Crippen LogP contribution in [0.3, 0.4) is 0 Å². The zero-order chi connectivity index (χ0) is 13.7. The molecule has 1 saturated carbocycles. The van der Waals surface area contributed by atoms with E-state index in [-0.39, 0.29) is 5.54 Å². The lowest BCUT2D eigenvalue weighted by molar-refractivity contribution is -0.137. The van der Waals surface area contributed by atoms with Crippen LogP contribution >= 0.6 is 0 Å². The van der Waals surface area contributed by atoms with Crippen LogP contribution in [0.5, 0.6) is 0 Å². The number of aromatic nitrogens is 2. The van der Waals surface area contributed by atoms with Crippen molar-refractivity contribution in [3.63, 3.8) is 0 Å². The quantitative estimate of drug-likeness (QED) is 0.909. The number of alkyl halides is 3. The monoisotopic (exact) mass is 267 g/mol. The van der Waals surface area contributed by atoms with E-state index in [0.717, 1.165) is 30.7 Å². The van der Waals surface area contributed by atoms with Crippen LogP contribution in [0.1, 0.15) is 24.1 Å². The van der Waals surface area contributed by atoms with Crippen LogP contribution in [0, 0.1) is 0 Å². The van der Waals surface area contributed by atoms with Gasteiger partial charge in [0.15, 0.2) is 0 Å². The van der Waals surface area contributed by atoms with Crippen LogP contribution in [-0.2, 0) is 11.7 Å². The van der Waals surface area contributed by atoms with Gasteiger partial charge in [0, 0.05) is 6.20 Å². The average molecular weight is 267 g/mol. The lowest BCUT2D eigenvalue weighted by Gasteiger charge is -2.13. The summed E-state index contributed by atoms with van der Waals surface area (Å²) in [6.07, 6.45) is -0.963. The fourth-order valence-electron chi connectivity index (χ4n) is 2.07. The smallest absolute Gasteiger partial charge is 0.320 e. The summed E-state index contributed by atoms with van der Waals surface area (Å²) in [5.74, 6) is 0. The second-order valence-electron chi connectivity index (χ2n) is 4.83. The van der Waals surface area contributed by atoms with E-state index in [1.165, 1.54) is 12.1 Å². The van der Waals surface area contributed by atoms with Crippen molar-refractivity contribution < 1.29 is 13.2 Å². The van der Waals surface area contributed by atoms with E-state index in [1.807, 2.05) is 6.07 Å². The predicted molar refractivity (Wildman–Crippen MR) is 63.7 cm³/mol. The molecule has 1 heterocycles. The van der Waals surface area contributed by atoms with Gasteiger partial charge in [0.25, 0.3) is 0 Å². The Morgan fingerprint density at radius 1 is 1.11 bits per heavy atom. The average Bonchev–Trinajstić information content (AvgIpc) is 2.93.